The average molecular weight is 939 g/mol. The smallest absolute Gasteiger partial charge is 0.329 e. The molecule has 366 valence electrons. The van der Waals surface area contributed by atoms with E-state index in [1.165, 1.54) is 10.1 Å². The van der Waals surface area contributed by atoms with Crippen molar-refractivity contribution in [3.05, 3.63) is 99.0 Å². The highest BCUT2D eigenvalue weighted by Crippen LogP contribution is 2.39. The molecule has 3 aromatic carbocycles. The Hall–Kier alpha value is -5.72. The molecule has 5 amide bonds. The van der Waals surface area contributed by atoms with Gasteiger partial charge < -0.3 is 34.7 Å². The number of hydrogen-bond donors (Lipinski definition) is 3. The van der Waals surface area contributed by atoms with E-state index in [1.807, 2.05) is 55.5 Å². The summed E-state index contributed by atoms with van der Waals surface area (Å²) in [5.41, 5.74) is 12.9. The Morgan fingerprint density at radius 3 is 2.09 bits per heavy atom. The molecular weight excluding hydrogens is 873 g/mol. The van der Waals surface area contributed by atoms with Crippen LogP contribution in [0.2, 0.25) is 0 Å². The molecule has 1 aromatic heterocycles. The number of imide groups is 1. The van der Waals surface area contributed by atoms with Gasteiger partial charge in [-0.05, 0) is 98.2 Å². The number of fused-ring (bicyclic) bond motifs is 1. The molecule has 0 radical (unpaired) electrons. The molecule has 0 aliphatic carbocycles. The summed E-state index contributed by atoms with van der Waals surface area (Å²) in [6.45, 7) is 6.25. The number of carbonyl (C=O) groups is 5. The fourth-order valence-corrected chi connectivity index (χ4v) is 9.29. The van der Waals surface area contributed by atoms with Crippen molar-refractivity contribution in [2.45, 2.75) is 115 Å². The monoisotopic (exact) mass is 938 g/mol. The maximum absolute atomic E-state index is 13.8. The van der Waals surface area contributed by atoms with Crippen LogP contribution in [0, 0.1) is 0 Å². The van der Waals surface area contributed by atoms with Gasteiger partial charge in [0.15, 0.2) is 0 Å². The predicted molar refractivity (Wildman–Crippen MR) is 254 cm³/mol. The summed E-state index contributed by atoms with van der Waals surface area (Å²) in [5.74, 6) is -1.50. The van der Waals surface area contributed by atoms with Crippen LogP contribution in [0.5, 0.6) is 0 Å². The van der Waals surface area contributed by atoms with Crippen LogP contribution >= 0.6 is 0 Å². The molecular formula is C51H66N6O11. The average Bonchev–Trinajstić information content (AvgIpc) is 3.77. The van der Waals surface area contributed by atoms with Crippen LogP contribution in [-0.2, 0) is 87.0 Å². The van der Waals surface area contributed by atoms with Crippen molar-refractivity contribution in [2.24, 2.45) is 12.8 Å². The van der Waals surface area contributed by atoms with Crippen molar-refractivity contribution in [3.8, 4) is 0 Å². The number of nitrogens with zero attached hydrogens (tertiary/aromatic N) is 3. The summed E-state index contributed by atoms with van der Waals surface area (Å²) in [4.78, 5) is 77.4. The molecule has 0 saturated carbocycles. The van der Waals surface area contributed by atoms with Crippen LogP contribution in [0.1, 0.15) is 92.1 Å². The number of nitrogens with two attached hydrogens (primary N) is 1. The van der Waals surface area contributed by atoms with Crippen molar-refractivity contribution in [3.63, 3.8) is 0 Å². The zero-order valence-electron chi connectivity index (χ0n) is 39.3. The van der Waals surface area contributed by atoms with Gasteiger partial charge in [-0.2, -0.15) is 0 Å². The highest BCUT2D eigenvalue weighted by molar-refractivity contribution is 6.05. The molecule has 17 heteroatoms. The maximum Gasteiger partial charge on any atom is 0.329 e. The molecule has 7 rings (SSSR count). The van der Waals surface area contributed by atoms with Crippen molar-refractivity contribution >= 4 is 46.3 Å². The summed E-state index contributed by atoms with van der Waals surface area (Å²) in [5, 5.41) is 5.45. The standard InChI is InChI=1S/C51H66N6O11/c1-34(40(18-21-45(52)58)53-50(62)44-32-39-11-3-9-38-10-4-12-47(60)57(44)48(38)39)68-33-37-15-13-35(14-16-37)7-5-23-64-25-27-66-29-30-67-28-26-65-24-6-8-36-17-19-41-43(31-36)55(2)51(63)56(41)42-20-22-46(59)54-49(42)61/h3,9,11,13-17,19,31,34,40,42,44H,4-8,10,12,18,20-30,32-33H2,1-2H3,(H2,52,58)(H,53,62)(H,54,59,61)/t34-,40+,42?,44+/m1/s1. The van der Waals surface area contributed by atoms with Gasteiger partial charge in [-0.1, -0.05) is 48.5 Å². The number of imidazole rings is 1. The highest BCUT2D eigenvalue weighted by Gasteiger charge is 2.41. The number of primary amides is 1. The number of anilines is 1. The lowest BCUT2D eigenvalue weighted by Gasteiger charge is -2.29. The van der Waals surface area contributed by atoms with Gasteiger partial charge in [0.05, 0.1) is 75.1 Å². The first kappa shape index (κ1) is 50.2. The van der Waals surface area contributed by atoms with E-state index >= 15 is 0 Å². The van der Waals surface area contributed by atoms with Gasteiger partial charge in [0.25, 0.3) is 0 Å². The summed E-state index contributed by atoms with van der Waals surface area (Å²) < 4.78 is 32.0. The normalized spacial score (nSPS) is 17.8. The zero-order valence-corrected chi connectivity index (χ0v) is 39.3. The van der Waals surface area contributed by atoms with Crippen LogP contribution in [0.4, 0.5) is 5.69 Å². The minimum Gasteiger partial charge on any atom is -0.379 e. The van der Waals surface area contributed by atoms with E-state index in [2.05, 4.69) is 22.8 Å². The van der Waals surface area contributed by atoms with Gasteiger partial charge in [0.2, 0.25) is 29.5 Å². The Morgan fingerprint density at radius 2 is 1.41 bits per heavy atom. The molecule has 4 atom stereocenters. The van der Waals surface area contributed by atoms with Crippen LogP contribution in [0.25, 0.3) is 11.0 Å². The number of amides is 5. The molecule has 1 fully saturated rings. The molecule has 17 nitrogen and oxygen atoms in total. The van der Waals surface area contributed by atoms with E-state index in [0.717, 1.165) is 72.0 Å². The fourth-order valence-electron chi connectivity index (χ4n) is 9.29. The molecule has 3 aliphatic heterocycles. The summed E-state index contributed by atoms with van der Waals surface area (Å²) in [7, 11) is 1.69. The summed E-state index contributed by atoms with van der Waals surface area (Å²) in [6, 6.07) is 18.2. The maximum atomic E-state index is 13.8. The Bertz CT molecular complexity index is 2450. The molecule has 4 N–H and O–H groups in total. The number of piperidine rings is 1. The van der Waals surface area contributed by atoms with Crippen LogP contribution in [0.3, 0.4) is 0 Å². The number of ether oxygens (including phenoxy) is 5. The number of aromatic nitrogens is 2. The summed E-state index contributed by atoms with van der Waals surface area (Å²) in [6.07, 6.45) is 6.23. The van der Waals surface area contributed by atoms with Crippen LogP contribution < -0.4 is 27.0 Å². The Balaban J connectivity index is 0.703. The number of nitrogens with one attached hydrogen (secondary N) is 2. The second-order valence-corrected chi connectivity index (χ2v) is 17.9. The number of benzene rings is 3. The van der Waals surface area contributed by atoms with E-state index in [-0.39, 0.29) is 36.3 Å². The largest absolute Gasteiger partial charge is 0.379 e. The third-order valence-corrected chi connectivity index (χ3v) is 13.0. The minimum atomic E-state index is -0.701. The van der Waals surface area contributed by atoms with Crippen molar-refractivity contribution < 1.29 is 47.7 Å². The Kier molecular flexibility index (Phi) is 18.1. The number of rotatable bonds is 27. The molecule has 0 spiro atoms. The second-order valence-electron chi connectivity index (χ2n) is 17.9. The highest BCUT2D eigenvalue weighted by atomic mass is 16.6. The topological polar surface area (TPSA) is 212 Å². The molecule has 1 unspecified atom stereocenters. The van der Waals surface area contributed by atoms with E-state index in [9.17, 15) is 28.8 Å². The second kappa shape index (κ2) is 24.5. The molecule has 68 heavy (non-hydrogen) atoms. The third-order valence-electron chi connectivity index (χ3n) is 13.0. The lowest BCUT2D eigenvalue weighted by molar-refractivity contribution is -0.135. The summed E-state index contributed by atoms with van der Waals surface area (Å²) >= 11 is 0. The fraction of sp³-hybridized carbons (Fsp3) is 0.529. The van der Waals surface area contributed by atoms with Gasteiger partial charge in [-0.25, -0.2) is 4.79 Å². The van der Waals surface area contributed by atoms with E-state index in [0.29, 0.717) is 90.7 Å². The molecule has 4 heterocycles. The van der Waals surface area contributed by atoms with Gasteiger partial charge in [-0.3, -0.25) is 43.3 Å². The number of aryl methyl sites for hydroxylation is 4. The van der Waals surface area contributed by atoms with Crippen molar-refractivity contribution in [1.29, 1.82) is 0 Å². The molecule has 1 saturated heterocycles. The molecule has 0 bridgehead atoms. The lowest BCUT2D eigenvalue weighted by atomic mass is 10.0. The first-order valence-corrected chi connectivity index (χ1v) is 24.0. The number of carbonyl (C=O) groups excluding carboxylic acids is 5. The minimum absolute atomic E-state index is 0.0368. The quantitative estimate of drug-likeness (QED) is 0.0577. The van der Waals surface area contributed by atoms with Gasteiger partial charge in [-0.15, -0.1) is 0 Å². The van der Waals surface area contributed by atoms with Gasteiger partial charge in [0, 0.05) is 45.9 Å². The van der Waals surface area contributed by atoms with E-state index < -0.39 is 36.0 Å². The Labute approximate surface area is 396 Å². The van der Waals surface area contributed by atoms with Gasteiger partial charge in [0.1, 0.15) is 12.1 Å². The van der Waals surface area contributed by atoms with Crippen molar-refractivity contribution in [1.82, 2.24) is 19.8 Å². The number of para-hydroxylation sites is 1. The number of hydrogen-bond acceptors (Lipinski definition) is 11. The zero-order chi connectivity index (χ0) is 48.0. The van der Waals surface area contributed by atoms with Crippen LogP contribution in [-0.4, -0.2) is 110 Å². The van der Waals surface area contributed by atoms with E-state index in [1.54, 1.807) is 16.5 Å². The van der Waals surface area contributed by atoms with Crippen molar-refractivity contribution in [2.75, 3.05) is 57.8 Å². The SMILES string of the molecule is C[C@@H](OCc1ccc(CCCOCCOCCOCCOCCCc2ccc3c(c2)n(C)c(=O)n3C2CCC(=O)NC2=O)cc1)[C@H](CCC(N)=O)NC(=O)[C@@H]1Cc2cccc3c2N1C(=O)CCC3. The molecule has 4 aromatic rings. The van der Waals surface area contributed by atoms with Crippen LogP contribution in [0.15, 0.2) is 65.5 Å². The van der Waals surface area contributed by atoms with Gasteiger partial charge >= 0.3 is 5.69 Å². The first-order valence-electron chi connectivity index (χ1n) is 24.0. The van der Waals surface area contributed by atoms with E-state index in [4.69, 9.17) is 29.4 Å². The molecule has 3 aliphatic rings. The first-order chi connectivity index (χ1) is 33.0. The lowest BCUT2D eigenvalue weighted by Crippen LogP contribution is -2.53. The Morgan fingerprint density at radius 1 is 0.779 bits per heavy atom. The predicted octanol–water partition coefficient (Wildman–Crippen LogP) is 3.90. The third kappa shape index (κ3) is 13.1.